The Morgan fingerprint density at radius 1 is 1.35 bits per heavy atom. The van der Waals surface area contributed by atoms with Crippen LogP contribution in [0.1, 0.15) is 19.5 Å². The first-order valence-corrected chi connectivity index (χ1v) is 7.80. The summed E-state index contributed by atoms with van der Waals surface area (Å²) >= 11 is 7.66. The van der Waals surface area contributed by atoms with Crippen molar-refractivity contribution in [1.29, 1.82) is 0 Å². The highest BCUT2D eigenvalue weighted by molar-refractivity contribution is 7.22. The lowest BCUT2D eigenvalue weighted by atomic mass is 10.0. The topological polar surface area (TPSA) is 45.6 Å². The summed E-state index contributed by atoms with van der Waals surface area (Å²) in [7, 11) is 0. The Balaban J connectivity index is 2.16. The summed E-state index contributed by atoms with van der Waals surface area (Å²) in [4.78, 5) is 6.88. The number of aliphatic hydroxyl groups is 1. The minimum absolute atomic E-state index is 0.671. The van der Waals surface area contributed by atoms with Crippen LogP contribution in [0.4, 0.5) is 5.82 Å². The molecule has 108 valence electrons. The molecule has 1 saturated heterocycles. The summed E-state index contributed by atoms with van der Waals surface area (Å²) in [6.07, 6.45) is 0. The maximum atomic E-state index is 10.2. The highest BCUT2D eigenvalue weighted by Gasteiger charge is 2.23. The molecule has 3 rings (SSSR count). The van der Waals surface area contributed by atoms with Gasteiger partial charge in [0.25, 0.3) is 0 Å². The summed E-state index contributed by atoms with van der Waals surface area (Å²) in [6.45, 7) is 6.52. The molecule has 0 radical (unpaired) electrons. The number of hydrogen-bond donors (Lipinski definition) is 1. The van der Waals surface area contributed by atoms with Gasteiger partial charge in [-0.15, -0.1) is 11.3 Å². The van der Waals surface area contributed by atoms with E-state index >= 15 is 0 Å². The second-order valence-corrected chi connectivity index (χ2v) is 7.17. The molecule has 0 aliphatic carbocycles. The number of rotatable bonds is 2. The molecule has 20 heavy (non-hydrogen) atoms. The van der Waals surface area contributed by atoms with Crippen molar-refractivity contribution in [1.82, 2.24) is 4.98 Å². The van der Waals surface area contributed by atoms with Gasteiger partial charge in [-0.3, -0.25) is 0 Å². The van der Waals surface area contributed by atoms with Gasteiger partial charge in [0.2, 0.25) is 0 Å². The van der Waals surface area contributed by atoms with Gasteiger partial charge in [-0.1, -0.05) is 11.6 Å². The van der Waals surface area contributed by atoms with Gasteiger partial charge in [-0.2, -0.15) is 0 Å². The van der Waals surface area contributed by atoms with Crippen molar-refractivity contribution in [2.24, 2.45) is 0 Å². The molecule has 6 heteroatoms. The van der Waals surface area contributed by atoms with Crippen LogP contribution < -0.4 is 4.90 Å². The number of aromatic nitrogens is 1. The molecule has 3 heterocycles. The maximum absolute atomic E-state index is 10.2. The zero-order valence-electron chi connectivity index (χ0n) is 11.5. The lowest BCUT2D eigenvalue weighted by Gasteiger charge is -2.29. The number of morpholine rings is 1. The van der Waals surface area contributed by atoms with Gasteiger partial charge in [0.15, 0.2) is 0 Å². The predicted molar refractivity (Wildman–Crippen MR) is 82.9 cm³/mol. The molecule has 0 aromatic carbocycles. The number of thiophene rings is 1. The highest BCUT2D eigenvalue weighted by Crippen LogP contribution is 2.37. The van der Waals surface area contributed by atoms with Crippen LogP contribution in [-0.2, 0) is 10.3 Å². The third kappa shape index (κ3) is 2.63. The molecule has 0 spiro atoms. The lowest BCUT2D eigenvalue weighted by Crippen LogP contribution is -2.37. The van der Waals surface area contributed by atoms with Crippen LogP contribution in [0.3, 0.4) is 0 Å². The third-order valence-electron chi connectivity index (χ3n) is 3.40. The lowest BCUT2D eigenvalue weighted by molar-refractivity contribution is 0.0740. The zero-order chi connectivity index (χ0) is 14.3. The summed E-state index contributed by atoms with van der Waals surface area (Å²) in [6, 6.07) is 3.88. The molecule has 0 amide bonds. The fourth-order valence-corrected chi connectivity index (χ4v) is 3.49. The molecule has 0 atom stereocenters. The Morgan fingerprint density at radius 2 is 2.05 bits per heavy atom. The Hall–Kier alpha value is -0.880. The SMILES string of the molecule is CC(C)(O)c1cc2sc(Cl)cc2c(N2CCOCC2)n1. The van der Waals surface area contributed by atoms with Crippen LogP contribution in [-0.4, -0.2) is 36.4 Å². The molecule has 4 nitrogen and oxygen atoms in total. The fraction of sp³-hybridized carbons (Fsp3) is 0.500. The molecule has 1 aliphatic heterocycles. The van der Waals surface area contributed by atoms with Crippen LogP contribution in [0.15, 0.2) is 12.1 Å². The normalized spacial score (nSPS) is 16.9. The van der Waals surface area contributed by atoms with Gasteiger partial charge in [0.05, 0.1) is 23.2 Å². The van der Waals surface area contributed by atoms with E-state index in [1.807, 2.05) is 12.1 Å². The molecule has 2 aromatic rings. The van der Waals surface area contributed by atoms with Crippen molar-refractivity contribution in [2.75, 3.05) is 31.2 Å². The van der Waals surface area contributed by atoms with E-state index < -0.39 is 5.60 Å². The molecular formula is C14H17ClN2O2S. The number of anilines is 1. The monoisotopic (exact) mass is 312 g/mol. The summed E-state index contributed by atoms with van der Waals surface area (Å²) in [5.41, 5.74) is -0.295. The third-order valence-corrected chi connectivity index (χ3v) is 4.61. The second-order valence-electron chi connectivity index (χ2n) is 5.45. The predicted octanol–water partition coefficient (Wildman–Crippen LogP) is 3.01. The standard InChI is InChI=1S/C14H17ClN2O2S/c1-14(2,18)11-8-10-9(7-12(15)20-10)13(16-11)17-3-5-19-6-4-17/h7-8,18H,3-6H2,1-2H3. The Kier molecular flexibility index (Phi) is 3.62. The molecule has 1 aliphatic rings. The molecule has 1 N–H and O–H groups in total. The Bertz CT molecular complexity index is 630. The first-order valence-electron chi connectivity index (χ1n) is 6.61. The van der Waals surface area contributed by atoms with E-state index in [1.54, 1.807) is 13.8 Å². The van der Waals surface area contributed by atoms with Gasteiger partial charge < -0.3 is 14.7 Å². The van der Waals surface area contributed by atoms with Gasteiger partial charge in [-0.05, 0) is 26.0 Å². The molecule has 2 aromatic heterocycles. The molecule has 0 saturated carbocycles. The van der Waals surface area contributed by atoms with Crippen LogP contribution in [0, 0.1) is 0 Å². The first kappa shape index (κ1) is 14.1. The van der Waals surface area contributed by atoms with E-state index in [9.17, 15) is 5.11 Å². The number of fused-ring (bicyclic) bond motifs is 1. The minimum Gasteiger partial charge on any atom is -0.384 e. The van der Waals surface area contributed by atoms with Crippen molar-refractivity contribution < 1.29 is 9.84 Å². The molecule has 0 bridgehead atoms. The second kappa shape index (κ2) is 5.15. The average molecular weight is 313 g/mol. The van der Waals surface area contributed by atoms with Crippen LogP contribution in [0.5, 0.6) is 0 Å². The highest BCUT2D eigenvalue weighted by atomic mass is 35.5. The molecular weight excluding hydrogens is 296 g/mol. The Morgan fingerprint density at radius 3 is 2.70 bits per heavy atom. The molecule has 1 fully saturated rings. The summed E-state index contributed by atoms with van der Waals surface area (Å²) < 4.78 is 7.19. The largest absolute Gasteiger partial charge is 0.384 e. The first-order chi connectivity index (χ1) is 9.45. The van der Waals surface area contributed by atoms with E-state index in [1.165, 1.54) is 11.3 Å². The smallest absolute Gasteiger partial charge is 0.137 e. The van der Waals surface area contributed by atoms with Crippen molar-refractivity contribution in [3.63, 3.8) is 0 Å². The van der Waals surface area contributed by atoms with Crippen molar-refractivity contribution in [2.45, 2.75) is 19.4 Å². The number of pyridine rings is 1. The van der Waals surface area contributed by atoms with Crippen molar-refractivity contribution in [3.05, 3.63) is 22.2 Å². The van der Waals surface area contributed by atoms with E-state index in [0.717, 1.165) is 33.3 Å². The van der Waals surface area contributed by atoms with Crippen molar-refractivity contribution >= 4 is 38.8 Å². The summed E-state index contributed by atoms with van der Waals surface area (Å²) in [5.74, 6) is 0.895. The average Bonchev–Trinajstić information content (AvgIpc) is 2.77. The zero-order valence-corrected chi connectivity index (χ0v) is 13.1. The number of nitrogens with zero attached hydrogens (tertiary/aromatic N) is 2. The number of ether oxygens (including phenoxy) is 1. The van der Waals surface area contributed by atoms with Crippen LogP contribution in [0.25, 0.3) is 10.1 Å². The molecule has 0 unspecified atom stereocenters. The number of halogens is 1. The van der Waals surface area contributed by atoms with E-state index in [-0.39, 0.29) is 0 Å². The Labute approximate surface area is 126 Å². The van der Waals surface area contributed by atoms with Gasteiger partial charge in [0.1, 0.15) is 11.4 Å². The van der Waals surface area contributed by atoms with E-state index in [4.69, 9.17) is 16.3 Å². The maximum Gasteiger partial charge on any atom is 0.137 e. The van der Waals surface area contributed by atoms with Gasteiger partial charge >= 0.3 is 0 Å². The van der Waals surface area contributed by atoms with Gasteiger partial charge in [0, 0.05) is 23.2 Å². The van der Waals surface area contributed by atoms with Crippen LogP contribution in [0.2, 0.25) is 4.34 Å². The fourth-order valence-electron chi connectivity index (χ4n) is 2.32. The van der Waals surface area contributed by atoms with E-state index in [2.05, 4.69) is 9.88 Å². The quantitative estimate of drug-likeness (QED) is 0.926. The van der Waals surface area contributed by atoms with E-state index in [0.29, 0.717) is 18.9 Å². The number of hydrogen-bond acceptors (Lipinski definition) is 5. The van der Waals surface area contributed by atoms with Crippen LogP contribution >= 0.6 is 22.9 Å². The van der Waals surface area contributed by atoms with Gasteiger partial charge in [-0.25, -0.2) is 4.98 Å². The van der Waals surface area contributed by atoms with Crippen molar-refractivity contribution in [3.8, 4) is 0 Å². The minimum atomic E-state index is -0.967. The summed E-state index contributed by atoms with van der Waals surface area (Å²) in [5, 5.41) is 11.3.